The van der Waals surface area contributed by atoms with Crippen molar-refractivity contribution in [1.29, 1.82) is 5.26 Å². The molecule has 121 heavy (non-hydrogen) atoms. The molecule has 0 saturated heterocycles. The molecule has 558 valence electrons. The summed E-state index contributed by atoms with van der Waals surface area (Å²) in [5, 5.41) is 17.1. The molecule has 2 spiro atoms. The monoisotopic (exact) mass is 1540 g/mol. The van der Waals surface area contributed by atoms with Gasteiger partial charge in [-0.2, -0.15) is 5.26 Å². The molecule has 2 unspecified atom stereocenters. The summed E-state index contributed by atoms with van der Waals surface area (Å²) in [5.41, 5.74) is 33.5. The summed E-state index contributed by atoms with van der Waals surface area (Å²) in [5.74, 6) is 3.44. The largest absolute Gasteiger partial charge is 0.309 e. The van der Waals surface area contributed by atoms with Crippen molar-refractivity contribution >= 4 is 65.4 Å². The molecule has 0 N–H and O–H groups in total. The first-order valence-electron chi connectivity index (χ1n) is 41.1. The normalized spacial score (nSPS) is 14.8. The summed E-state index contributed by atoms with van der Waals surface area (Å²) in [6.45, 7) is 0. The zero-order chi connectivity index (χ0) is 79.3. The Morgan fingerprint density at radius 1 is 0.215 bits per heavy atom. The maximum atomic E-state index is 9.83. The SMILES string of the molecule is N#Cc1cccc(-c2cccc(-c3nc(-c4ccccc4)nc(-c4ccc5c(c4)-c4ccccc4C54c5ccccc5-n5c6cccc(-c7ccc(-c8nc(-c9ccc(-n%10c%11ccccc%11c%11ccccc%11%10)cc9)nc(-c9ccc%10c(c9)-c9ccccc9C%109c%10ccccc%10-n%10c%11ccccc%11c%11cccc9c%11%10)n8)cc7)c6c6cccc4c65)n3)c2)c1. The molecule has 0 amide bonds. The van der Waals surface area contributed by atoms with Gasteiger partial charge >= 0.3 is 0 Å². The van der Waals surface area contributed by atoms with Crippen LogP contribution in [0, 0.1) is 11.3 Å². The predicted octanol–water partition coefficient (Wildman–Crippen LogP) is 25.9. The molecule has 2 aliphatic heterocycles. The van der Waals surface area contributed by atoms with E-state index in [1.54, 1.807) is 0 Å². The Labute approximate surface area is 694 Å². The fraction of sp³-hybridized carbons (Fsp3) is 0.0180. The Hall–Kier alpha value is -16.4. The lowest BCUT2D eigenvalue weighted by Crippen LogP contribution is -2.33. The van der Waals surface area contributed by atoms with Crippen LogP contribution in [0.4, 0.5) is 0 Å². The molecule has 0 fully saturated rings. The van der Waals surface area contributed by atoms with Gasteiger partial charge in [0, 0.05) is 71.4 Å². The molecule has 2 aliphatic carbocycles. The summed E-state index contributed by atoms with van der Waals surface area (Å²) >= 11 is 0. The molecule has 10 heteroatoms. The molecule has 2 atom stereocenters. The fourth-order valence-electron chi connectivity index (χ4n) is 21.2. The van der Waals surface area contributed by atoms with Crippen molar-refractivity contribution in [2.24, 2.45) is 0 Å². The van der Waals surface area contributed by atoms with Gasteiger partial charge in [-0.3, -0.25) is 0 Å². The van der Waals surface area contributed by atoms with E-state index in [-0.39, 0.29) is 0 Å². The molecule has 0 radical (unpaired) electrons. The number of aromatic nitrogens is 9. The third-order valence-corrected chi connectivity index (χ3v) is 26.2. The first kappa shape index (κ1) is 66.9. The maximum Gasteiger partial charge on any atom is 0.164 e. The Morgan fingerprint density at radius 3 is 1.13 bits per heavy atom. The van der Waals surface area contributed by atoms with Crippen molar-refractivity contribution in [2.75, 3.05) is 0 Å². The highest BCUT2D eigenvalue weighted by Crippen LogP contribution is 2.64. The topological polar surface area (TPSA) is 116 Å². The highest BCUT2D eigenvalue weighted by molar-refractivity contribution is 6.19. The number of nitriles is 1. The highest BCUT2D eigenvalue weighted by atomic mass is 15.1. The van der Waals surface area contributed by atoms with E-state index in [0.29, 0.717) is 40.5 Å². The lowest BCUT2D eigenvalue weighted by Gasteiger charge is -2.39. The summed E-state index contributed by atoms with van der Waals surface area (Å²) in [6.07, 6.45) is 0. The first-order chi connectivity index (χ1) is 59.9. The summed E-state index contributed by atoms with van der Waals surface area (Å²) in [6, 6.07) is 143. The molecule has 4 aliphatic rings. The van der Waals surface area contributed by atoms with Crippen LogP contribution in [0.2, 0.25) is 0 Å². The van der Waals surface area contributed by atoms with E-state index in [2.05, 4.69) is 341 Å². The van der Waals surface area contributed by atoms with Crippen LogP contribution < -0.4 is 0 Å². The van der Waals surface area contributed by atoms with Gasteiger partial charge in [-0.1, -0.05) is 297 Å². The first-order valence-corrected chi connectivity index (χ1v) is 41.1. The van der Waals surface area contributed by atoms with E-state index in [0.717, 1.165) is 100 Å². The second-order valence-corrected chi connectivity index (χ2v) is 32.2. The fourth-order valence-corrected chi connectivity index (χ4v) is 21.2. The van der Waals surface area contributed by atoms with Gasteiger partial charge in [-0.05, 0) is 180 Å². The molecule has 0 bridgehead atoms. The molecule has 10 nitrogen and oxygen atoms in total. The number of rotatable bonds is 9. The molecule has 26 rings (SSSR count). The van der Waals surface area contributed by atoms with Crippen LogP contribution in [0.25, 0.3) is 195 Å². The smallest absolute Gasteiger partial charge is 0.164 e. The number of benzene rings is 17. The number of hydrogen-bond acceptors (Lipinski definition) is 7. The van der Waals surface area contributed by atoms with Crippen LogP contribution >= 0.6 is 0 Å². The predicted molar refractivity (Wildman–Crippen MR) is 486 cm³/mol. The third-order valence-electron chi connectivity index (χ3n) is 26.2. The van der Waals surface area contributed by atoms with E-state index in [4.69, 9.17) is 29.9 Å². The Balaban J connectivity index is 0.611. The van der Waals surface area contributed by atoms with Gasteiger partial charge in [0.15, 0.2) is 34.9 Å². The van der Waals surface area contributed by atoms with E-state index in [9.17, 15) is 5.26 Å². The number of nitrogens with zero attached hydrogens (tertiary/aromatic N) is 10. The third kappa shape index (κ3) is 9.34. The van der Waals surface area contributed by atoms with Gasteiger partial charge in [0.25, 0.3) is 0 Å². The lowest BCUT2D eigenvalue weighted by molar-refractivity contribution is 0.748. The minimum absolute atomic E-state index is 0.555. The van der Waals surface area contributed by atoms with Crippen LogP contribution in [-0.4, -0.2) is 43.6 Å². The molecule has 0 saturated carbocycles. The average Bonchev–Trinajstić information content (AvgIpc) is 1.51. The Bertz CT molecular complexity index is 8250. The molecule has 7 heterocycles. The zero-order valence-corrected chi connectivity index (χ0v) is 64.9. The van der Waals surface area contributed by atoms with Crippen LogP contribution in [0.1, 0.15) is 50.1 Å². The van der Waals surface area contributed by atoms with Crippen LogP contribution in [-0.2, 0) is 10.8 Å². The van der Waals surface area contributed by atoms with Crippen molar-refractivity contribution in [3.63, 3.8) is 0 Å². The van der Waals surface area contributed by atoms with Crippen molar-refractivity contribution < 1.29 is 0 Å². The number of hydrogen-bond donors (Lipinski definition) is 0. The average molecular weight is 1540 g/mol. The van der Waals surface area contributed by atoms with Gasteiger partial charge < -0.3 is 13.7 Å². The summed E-state index contributed by atoms with van der Waals surface area (Å²) in [4.78, 5) is 32.4. The van der Waals surface area contributed by atoms with Gasteiger partial charge in [-0.15, -0.1) is 0 Å². The molecular weight excluding hydrogens is 1470 g/mol. The Morgan fingerprint density at radius 2 is 0.562 bits per heavy atom. The second kappa shape index (κ2) is 25.3. The standard InChI is InChI=1S/C111H64N10/c112-65-66-23-18-26-71(61-66)72-27-19-28-73(62-72)107-114-104(68-24-2-1-3-25-68)115-109(118-107)75-56-60-90-86(64-75)79-30-5-10-38-88(79)111(90)92-40-12-17-47-99(92)121-100-48-22-34-77(101(100)84-36-21-42-94(111)103(84)121)67-49-51-69(52-50-67)105-113-106(70-53-57-76(58-54-70)119-95-43-13-6-31-80(95)81-32-7-14-44-96(81)119)117-108(116-105)74-55-59-89-85(63-74)78-29-4-9-37-87(78)110(89)91-39-11-16-46-98(91)120-97-45-15-8-33-82(97)83-35-20-41-93(110)102(83)120/h1-64H. The summed E-state index contributed by atoms with van der Waals surface area (Å²) < 4.78 is 7.37. The Kier molecular flexibility index (Phi) is 14.0. The van der Waals surface area contributed by atoms with Crippen molar-refractivity contribution in [1.82, 2.24) is 43.6 Å². The minimum atomic E-state index is -0.709. The van der Waals surface area contributed by atoms with E-state index < -0.39 is 10.8 Å². The highest BCUT2D eigenvalue weighted by Gasteiger charge is 2.53. The van der Waals surface area contributed by atoms with Crippen LogP contribution in [0.15, 0.2) is 388 Å². The minimum Gasteiger partial charge on any atom is -0.309 e. The zero-order valence-electron chi connectivity index (χ0n) is 64.9. The molecular formula is C111H64N10. The second-order valence-electron chi connectivity index (χ2n) is 32.2. The van der Waals surface area contributed by atoms with Crippen molar-refractivity contribution in [2.45, 2.75) is 10.8 Å². The van der Waals surface area contributed by atoms with E-state index in [1.807, 2.05) is 66.7 Å². The lowest BCUT2D eigenvalue weighted by atomic mass is 9.65. The molecule has 17 aromatic carbocycles. The quantitative estimate of drug-likeness (QED) is 0.141. The maximum absolute atomic E-state index is 9.83. The van der Waals surface area contributed by atoms with Crippen molar-refractivity contribution in [3.05, 3.63) is 438 Å². The number of fused-ring (bicyclic) bond motifs is 27. The molecule has 5 aromatic heterocycles. The van der Waals surface area contributed by atoms with Gasteiger partial charge in [0.05, 0.1) is 66.9 Å². The van der Waals surface area contributed by atoms with E-state index >= 15 is 0 Å². The number of para-hydroxylation sites is 7. The van der Waals surface area contributed by atoms with Gasteiger partial charge in [-0.25, -0.2) is 29.9 Å². The van der Waals surface area contributed by atoms with E-state index in [1.165, 1.54) is 105 Å². The van der Waals surface area contributed by atoms with Crippen LogP contribution in [0.3, 0.4) is 0 Å². The summed E-state index contributed by atoms with van der Waals surface area (Å²) in [7, 11) is 0. The van der Waals surface area contributed by atoms with Crippen LogP contribution in [0.5, 0.6) is 0 Å². The van der Waals surface area contributed by atoms with Crippen molar-refractivity contribution in [3.8, 4) is 136 Å². The van der Waals surface area contributed by atoms with Gasteiger partial charge in [0.2, 0.25) is 0 Å². The molecule has 22 aromatic rings. The van der Waals surface area contributed by atoms with Gasteiger partial charge in [0.1, 0.15) is 0 Å².